The Balaban J connectivity index is 2.80. The second-order valence-corrected chi connectivity index (χ2v) is 3.68. The molecular formula is C12H15N3O2S. The van der Waals surface area contributed by atoms with Crippen LogP contribution >= 0.6 is 12.2 Å². The summed E-state index contributed by atoms with van der Waals surface area (Å²) in [6.45, 7) is 4.01. The van der Waals surface area contributed by atoms with Gasteiger partial charge in [0.05, 0.1) is 13.3 Å². The minimum Gasteiger partial charge on any atom is -0.493 e. The van der Waals surface area contributed by atoms with Gasteiger partial charge in [0.1, 0.15) is 6.61 Å². The molecule has 6 heteroatoms. The number of nitrogens with zero attached hydrogens (tertiary/aromatic N) is 1. The molecule has 18 heavy (non-hydrogen) atoms. The van der Waals surface area contributed by atoms with Gasteiger partial charge in [-0.15, -0.1) is 0 Å². The molecule has 0 fully saturated rings. The van der Waals surface area contributed by atoms with E-state index < -0.39 is 0 Å². The zero-order valence-corrected chi connectivity index (χ0v) is 10.9. The molecule has 1 rings (SSSR count). The molecule has 0 amide bonds. The average molecular weight is 265 g/mol. The summed E-state index contributed by atoms with van der Waals surface area (Å²) in [5.74, 6) is 1.27. The molecule has 0 aliphatic rings. The number of thiocarbonyl (C=S) groups is 1. The Morgan fingerprint density at radius 3 is 2.94 bits per heavy atom. The Bertz CT molecular complexity index is 461. The first-order chi connectivity index (χ1) is 8.67. The fraction of sp³-hybridized carbons (Fsp3) is 0.167. The Morgan fingerprint density at radius 1 is 1.56 bits per heavy atom. The van der Waals surface area contributed by atoms with Gasteiger partial charge in [-0.1, -0.05) is 12.7 Å². The van der Waals surface area contributed by atoms with Crippen LogP contribution < -0.4 is 20.6 Å². The summed E-state index contributed by atoms with van der Waals surface area (Å²) in [6.07, 6.45) is 3.25. The minimum atomic E-state index is 0.115. The molecule has 0 saturated carbocycles. The van der Waals surface area contributed by atoms with Crippen LogP contribution in [0.25, 0.3) is 0 Å². The van der Waals surface area contributed by atoms with Gasteiger partial charge in [0.25, 0.3) is 0 Å². The normalized spacial score (nSPS) is 10.1. The van der Waals surface area contributed by atoms with E-state index in [1.165, 1.54) is 0 Å². The fourth-order valence-corrected chi connectivity index (χ4v) is 1.26. The summed E-state index contributed by atoms with van der Waals surface area (Å²) in [6, 6.07) is 5.43. The van der Waals surface area contributed by atoms with E-state index in [4.69, 9.17) is 15.2 Å². The Kier molecular flexibility index (Phi) is 5.66. The van der Waals surface area contributed by atoms with E-state index in [1.807, 2.05) is 6.07 Å². The van der Waals surface area contributed by atoms with E-state index in [0.717, 1.165) is 5.56 Å². The number of rotatable bonds is 6. The van der Waals surface area contributed by atoms with E-state index >= 15 is 0 Å². The lowest BCUT2D eigenvalue weighted by Gasteiger charge is -2.09. The third-order valence-corrected chi connectivity index (χ3v) is 2.02. The number of hydrogen-bond donors (Lipinski definition) is 2. The van der Waals surface area contributed by atoms with Crippen LogP contribution in [0.4, 0.5) is 0 Å². The molecule has 3 N–H and O–H groups in total. The smallest absolute Gasteiger partial charge is 0.184 e. The van der Waals surface area contributed by atoms with Gasteiger partial charge < -0.3 is 15.2 Å². The van der Waals surface area contributed by atoms with Crippen molar-refractivity contribution in [1.29, 1.82) is 0 Å². The van der Waals surface area contributed by atoms with E-state index in [2.05, 4.69) is 29.3 Å². The van der Waals surface area contributed by atoms with Gasteiger partial charge in [0.2, 0.25) is 0 Å². The SMILES string of the molecule is C=CCOc1ccc(/C=N\NC(N)=S)cc1OC. The second-order valence-electron chi connectivity index (χ2n) is 3.24. The maximum atomic E-state index is 5.43. The zero-order chi connectivity index (χ0) is 13.4. The highest BCUT2D eigenvalue weighted by molar-refractivity contribution is 7.80. The van der Waals surface area contributed by atoms with Crippen LogP contribution in [-0.4, -0.2) is 25.0 Å². The van der Waals surface area contributed by atoms with Crippen molar-refractivity contribution in [2.45, 2.75) is 0 Å². The lowest BCUT2D eigenvalue weighted by molar-refractivity contribution is 0.326. The van der Waals surface area contributed by atoms with Crippen molar-refractivity contribution in [3.05, 3.63) is 36.4 Å². The molecule has 0 spiro atoms. The molecule has 0 aliphatic heterocycles. The summed E-state index contributed by atoms with van der Waals surface area (Å²) >= 11 is 4.63. The Morgan fingerprint density at radius 2 is 2.33 bits per heavy atom. The topological polar surface area (TPSA) is 68.9 Å². The molecular weight excluding hydrogens is 250 g/mol. The molecule has 1 aromatic carbocycles. The highest BCUT2D eigenvalue weighted by Crippen LogP contribution is 2.27. The van der Waals surface area contributed by atoms with E-state index in [9.17, 15) is 0 Å². The first kappa shape index (κ1) is 14.0. The maximum Gasteiger partial charge on any atom is 0.184 e. The van der Waals surface area contributed by atoms with Crippen molar-refractivity contribution in [2.24, 2.45) is 10.8 Å². The number of nitrogens with one attached hydrogen (secondary N) is 1. The molecule has 1 aromatic rings. The molecule has 0 radical (unpaired) electrons. The molecule has 0 saturated heterocycles. The van der Waals surface area contributed by atoms with Crippen molar-refractivity contribution < 1.29 is 9.47 Å². The summed E-state index contributed by atoms with van der Waals surface area (Å²) in [7, 11) is 1.57. The van der Waals surface area contributed by atoms with Gasteiger partial charge in [0.15, 0.2) is 16.6 Å². The summed E-state index contributed by atoms with van der Waals surface area (Å²) in [5, 5.41) is 3.97. The number of nitrogens with two attached hydrogens (primary N) is 1. The predicted octanol–water partition coefficient (Wildman–Crippen LogP) is 1.43. The summed E-state index contributed by atoms with van der Waals surface area (Å²) in [4.78, 5) is 0. The van der Waals surface area contributed by atoms with Crippen LogP contribution in [-0.2, 0) is 0 Å². The third-order valence-electron chi connectivity index (χ3n) is 1.93. The first-order valence-corrected chi connectivity index (χ1v) is 5.58. The fourth-order valence-electron chi connectivity index (χ4n) is 1.20. The van der Waals surface area contributed by atoms with Gasteiger partial charge in [-0.05, 0) is 36.0 Å². The number of methoxy groups -OCH3 is 1. The predicted molar refractivity (Wildman–Crippen MR) is 76.2 cm³/mol. The first-order valence-electron chi connectivity index (χ1n) is 5.17. The zero-order valence-electron chi connectivity index (χ0n) is 10.1. The second kappa shape index (κ2) is 7.29. The number of ether oxygens (including phenoxy) is 2. The van der Waals surface area contributed by atoms with Crippen LogP contribution in [0, 0.1) is 0 Å². The van der Waals surface area contributed by atoms with Gasteiger partial charge in [0, 0.05) is 0 Å². The van der Waals surface area contributed by atoms with Crippen molar-refractivity contribution in [2.75, 3.05) is 13.7 Å². The lowest BCUT2D eigenvalue weighted by Crippen LogP contribution is -2.23. The summed E-state index contributed by atoms with van der Waals surface area (Å²) in [5.41, 5.74) is 8.55. The molecule has 0 bridgehead atoms. The highest BCUT2D eigenvalue weighted by atomic mass is 32.1. The van der Waals surface area contributed by atoms with Gasteiger partial charge in [-0.3, -0.25) is 5.43 Å². The number of benzene rings is 1. The molecule has 96 valence electrons. The molecule has 5 nitrogen and oxygen atoms in total. The minimum absolute atomic E-state index is 0.115. The molecule has 0 heterocycles. The third kappa shape index (κ3) is 4.42. The van der Waals surface area contributed by atoms with E-state index in [1.54, 1.807) is 31.5 Å². The number of hydrazone groups is 1. The van der Waals surface area contributed by atoms with E-state index in [0.29, 0.717) is 18.1 Å². The Hall–Kier alpha value is -2.08. The highest BCUT2D eigenvalue weighted by Gasteiger charge is 2.04. The van der Waals surface area contributed by atoms with Crippen molar-refractivity contribution in [3.8, 4) is 11.5 Å². The van der Waals surface area contributed by atoms with E-state index in [-0.39, 0.29) is 5.11 Å². The van der Waals surface area contributed by atoms with Crippen LogP contribution in [0.5, 0.6) is 11.5 Å². The van der Waals surface area contributed by atoms with Crippen molar-refractivity contribution >= 4 is 23.5 Å². The Labute approximate surface area is 111 Å². The van der Waals surface area contributed by atoms with Crippen molar-refractivity contribution in [1.82, 2.24) is 5.43 Å². The number of hydrogen-bond acceptors (Lipinski definition) is 4. The monoisotopic (exact) mass is 265 g/mol. The molecule has 0 unspecified atom stereocenters. The van der Waals surface area contributed by atoms with Crippen LogP contribution in [0.15, 0.2) is 36.0 Å². The lowest BCUT2D eigenvalue weighted by atomic mass is 10.2. The van der Waals surface area contributed by atoms with Gasteiger partial charge in [-0.25, -0.2) is 0 Å². The molecule has 0 aliphatic carbocycles. The molecule has 0 atom stereocenters. The molecule has 0 aromatic heterocycles. The summed E-state index contributed by atoms with van der Waals surface area (Å²) < 4.78 is 10.6. The average Bonchev–Trinajstić information content (AvgIpc) is 2.36. The van der Waals surface area contributed by atoms with Gasteiger partial charge in [-0.2, -0.15) is 5.10 Å². The van der Waals surface area contributed by atoms with Gasteiger partial charge >= 0.3 is 0 Å². The van der Waals surface area contributed by atoms with Crippen LogP contribution in [0.1, 0.15) is 5.56 Å². The van der Waals surface area contributed by atoms with Crippen LogP contribution in [0.2, 0.25) is 0 Å². The quantitative estimate of drug-likeness (QED) is 0.352. The maximum absolute atomic E-state index is 5.43. The van der Waals surface area contributed by atoms with Crippen LogP contribution in [0.3, 0.4) is 0 Å². The largest absolute Gasteiger partial charge is 0.493 e. The van der Waals surface area contributed by atoms with Crippen molar-refractivity contribution in [3.63, 3.8) is 0 Å². The standard InChI is InChI=1S/C12H15N3O2S/c1-3-6-17-10-5-4-9(7-11(10)16-2)8-14-15-12(13)18/h3-5,7-8H,1,6H2,2H3,(H3,13,15,18)/b14-8-.